The maximum Gasteiger partial charge on any atom is 0.270 e. The van der Waals surface area contributed by atoms with Gasteiger partial charge in [-0.15, -0.1) is 6.58 Å². The normalized spacial score (nSPS) is 15.4. The molecule has 2 aromatic rings. The summed E-state index contributed by atoms with van der Waals surface area (Å²) in [6, 6.07) is 11.8. The van der Waals surface area contributed by atoms with Crippen molar-refractivity contribution in [2.75, 3.05) is 11.5 Å². The fourth-order valence-corrected chi connectivity index (χ4v) is 3.23. The van der Waals surface area contributed by atoms with Gasteiger partial charge in [0.05, 0.1) is 12.3 Å². The van der Waals surface area contributed by atoms with Gasteiger partial charge in [0.2, 0.25) is 0 Å². The van der Waals surface area contributed by atoms with Crippen LogP contribution in [0, 0.1) is 0 Å². The smallest absolute Gasteiger partial charge is 0.270 e. The van der Waals surface area contributed by atoms with E-state index in [2.05, 4.69) is 11.9 Å². The summed E-state index contributed by atoms with van der Waals surface area (Å²) in [5.41, 5.74) is 1.69. The van der Waals surface area contributed by atoms with E-state index < -0.39 is 11.8 Å². The van der Waals surface area contributed by atoms with Crippen molar-refractivity contribution in [1.82, 2.24) is 5.32 Å². The van der Waals surface area contributed by atoms with Crippen LogP contribution in [-0.4, -0.2) is 28.6 Å². The van der Waals surface area contributed by atoms with Crippen LogP contribution in [0.25, 0.3) is 6.08 Å². The van der Waals surface area contributed by atoms with Crippen LogP contribution in [0.2, 0.25) is 0 Å². The minimum atomic E-state index is -0.574. The standard InChI is InChI=1S/C22H20N2O4S/c1-3-6-15-11-14(9-10-19(15)25)12-18-20(26)23-22(29)24(21(18)27)16-7-5-8-17(13-16)28-4-2/h3,5,7-13,25H,1,4,6H2,2H3,(H,23,26,29)/b18-12+. The van der Waals surface area contributed by atoms with E-state index in [0.717, 1.165) is 0 Å². The fraction of sp³-hybridized carbons (Fsp3) is 0.136. The van der Waals surface area contributed by atoms with Crippen LogP contribution in [0.5, 0.6) is 11.5 Å². The molecule has 2 amide bonds. The van der Waals surface area contributed by atoms with E-state index in [1.165, 1.54) is 17.0 Å². The number of carbonyl (C=O) groups excluding carboxylic acids is 2. The summed E-state index contributed by atoms with van der Waals surface area (Å²) in [4.78, 5) is 26.8. The molecule has 0 radical (unpaired) electrons. The molecule has 1 saturated heterocycles. The number of allylic oxidation sites excluding steroid dienone is 1. The van der Waals surface area contributed by atoms with Gasteiger partial charge >= 0.3 is 0 Å². The first kappa shape index (κ1) is 20.3. The lowest BCUT2D eigenvalue weighted by Gasteiger charge is -2.29. The fourth-order valence-electron chi connectivity index (χ4n) is 2.95. The van der Waals surface area contributed by atoms with E-state index in [4.69, 9.17) is 17.0 Å². The molecule has 0 bridgehead atoms. The maximum atomic E-state index is 13.1. The number of nitrogens with zero attached hydrogens (tertiary/aromatic N) is 1. The van der Waals surface area contributed by atoms with Crippen LogP contribution in [-0.2, 0) is 16.0 Å². The SMILES string of the molecule is C=CCc1cc(/C=C2\C(=O)NC(=S)N(c3cccc(OCC)c3)C2=O)ccc1O. The molecule has 29 heavy (non-hydrogen) atoms. The quantitative estimate of drug-likeness (QED) is 0.332. The van der Waals surface area contributed by atoms with E-state index in [-0.39, 0.29) is 16.4 Å². The van der Waals surface area contributed by atoms with Crippen molar-refractivity contribution in [2.45, 2.75) is 13.3 Å². The average Bonchev–Trinajstić information content (AvgIpc) is 2.68. The second-order valence-electron chi connectivity index (χ2n) is 6.27. The van der Waals surface area contributed by atoms with Gasteiger partial charge in [0.15, 0.2) is 5.11 Å². The lowest BCUT2D eigenvalue weighted by molar-refractivity contribution is -0.122. The highest BCUT2D eigenvalue weighted by Gasteiger charge is 2.34. The minimum Gasteiger partial charge on any atom is -0.508 e. The van der Waals surface area contributed by atoms with E-state index in [1.807, 2.05) is 6.92 Å². The Hall–Kier alpha value is -3.45. The summed E-state index contributed by atoms with van der Waals surface area (Å²) in [5, 5.41) is 12.5. The molecule has 0 unspecified atom stereocenters. The first-order chi connectivity index (χ1) is 13.9. The van der Waals surface area contributed by atoms with E-state index >= 15 is 0 Å². The van der Waals surface area contributed by atoms with Crippen molar-refractivity contribution in [1.29, 1.82) is 0 Å². The highest BCUT2D eigenvalue weighted by Crippen LogP contribution is 2.27. The summed E-state index contributed by atoms with van der Waals surface area (Å²) in [5.74, 6) is -0.390. The van der Waals surface area contributed by atoms with Gasteiger partial charge in [0, 0.05) is 6.07 Å². The monoisotopic (exact) mass is 408 g/mol. The third kappa shape index (κ3) is 4.35. The maximum absolute atomic E-state index is 13.1. The van der Waals surface area contributed by atoms with Gasteiger partial charge < -0.3 is 9.84 Å². The van der Waals surface area contributed by atoms with Gasteiger partial charge in [0.1, 0.15) is 17.1 Å². The van der Waals surface area contributed by atoms with Crippen LogP contribution in [0.3, 0.4) is 0 Å². The topological polar surface area (TPSA) is 78.9 Å². The van der Waals surface area contributed by atoms with Crippen molar-refractivity contribution >= 4 is 40.9 Å². The number of benzene rings is 2. The molecule has 3 rings (SSSR count). The zero-order valence-electron chi connectivity index (χ0n) is 15.8. The van der Waals surface area contributed by atoms with E-state index in [1.54, 1.807) is 42.5 Å². The van der Waals surface area contributed by atoms with Crippen molar-refractivity contribution in [3.8, 4) is 11.5 Å². The number of hydrogen-bond acceptors (Lipinski definition) is 5. The Morgan fingerprint density at radius 3 is 2.76 bits per heavy atom. The Morgan fingerprint density at radius 1 is 1.24 bits per heavy atom. The van der Waals surface area contributed by atoms with Crippen LogP contribution in [0.1, 0.15) is 18.1 Å². The van der Waals surface area contributed by atoms with Crippen molar-refractivity contribution < 1.29 is 19.4 Å². The Kier molecular flexibility index (Phi) is 6.09. The Bertz CT molecular complexity index is 1030. The third-order valence-corrected chi connectivity index (χ3v) is 4.55. The summed E-state index contributed by atoms with van der Waals surface area (Å²) < 4.78 is 5.48. The Balaban J connectivity index is 1.99. The predicted octanol–water partition coefficient (Wildman–Crippen LogP) is 3.35. The molecule has 1 heterocycles. The number of carbonyl (C=O) groups is 2. The van der Waals surface area contributed by atoms with Gasteiger partial charge in [-0.1, -0.05) is 18.2 Å². The highest BCUT2D eigenvalue weighted by molar-refractivity contribution is 7.80. The van der Waals surface area contributed by atoms with Crippen molar-refractivity contribution in [2.24, 2.45) is 0 Å². The molecule has 0 saturated carbocycles. The molecular weight excluding hydrogens is 388 g/mol. The van der Waals surface area contributed by atoms with Crippen LogP contribution >= 0.6 is 12.2 Å². The van der Waals surface area contributed by atoms with Crippen LogP contribution < -0.4 is 15.0 Å². The Morgan fingerprint density at radius 2 is 2.03 bits per heavy atom. The number of nitrogens with one attached hydrogen (secondary N) is 1. The Labute approximate surface area is 174 Å². The second kappa shape index (κ2) is 8.70. The van der Waals surface area contributed by atoms with Crippen molar-refractivity contribution in [3.63, 3.8) is 0 Å². The molecule has 1 aliphatic heterocycles. The van der Waals surface area contributed by atoms with E-state index in [9.17, 15) is 14.7 Å². The average molecular weight is 408 g/mol. The zero-order valence-corrected chi connectivity index (χ0v) is 16.7. The predicted molar refractivity (Wildman–Crippen MR) is 116 cm³/mol. The number of amides is 2. The number of rotatable bonds is 6. The van der Waals surface area contributed by atoms with Gasteiger partial charge in [-0.3, -0.25) is 19.8 Å². The molecule has 2 aromatic carbocycles. The number of hydrogen-bond donors (Lipinski definition) is 2. The summed E-state index contributed by atoms with van der Waals surface area (Å²) in [7, 11) is 0. The summed E-state index contributed by atoms with van der Waals surface area (Å²) in [6.45, 7) is 6.01. The molecule has 1 fully saturated rings. The molecular formula is C22H20N2O4S. The first-order valence-electron chi connectivity index (χ1n) is 9.01. The molecule has 1 aliphatic rings. The summed E-state index contributed by atoms with van der Waals surface area (Å²) >= 11 is 5.22. The molecule has 0 atom stereocenters. The molecule has 6 nitrogen and oxygen atoms in total. The molecule has 148 valence electrons. The van der Waals surface area contributed by atoms with Gasteiger partial charge in [-0.05, 0) is 67.0 Å². The first-order valence-corrected chi connectivity index (χ1v) is 9.42. The van der Waals surface area contributed by atoms with Crippen LogP contribution in [0.4, 0.5) is 5.69 Å². The third-order valence-electron chi connectivity index (χ3n) is 4.27. The number of phenolic OH excluding ortho intramolecular Hbond substituents is 1. The molecule has 0 spiro atoms. The molecule has 7 heteroatoms. The minimum absolute atomic E-state index is 0.00357. The number of thiocarbonyl (C=S) groups is 1. The van der Waals surface area contributed by atoms with Gasteiger partial charge in [-0.25, -0.2) is 0 Å². The number of ether oxygens (including phenoxy) is 1. The van der Waals surface area contributed by atoms with Crippen molar-refractivity contribution in [3.05, 3.63) is 71.8 Å². The van der Waals surface area contributed by atoms with E-state index in [0.29, 0.717) is 35.6 Å². The largest absolute Gasteiger partial charge is 0.508 e. The number of anilines is 1. The second-order valence-corrected chi connectivity index (χ2v) is 6.66. The number of aromatic hydroxyl groups is 1. The summed E-state index contributed by atoms with van der Waals surface area (Å²) in [6.07, 6.45) is 3.60. The molecule has 0 aliphatic carbocycles. The molecule has 2 N–H and O–H groups in total. The van der Waals surface area contributed by atoms with Gasteiger partial charge in [0.25, 0.3) is 11.8 Å². The lowest BCUT2D eigenvalue weighted by Crippen LogP contribution is -2.54. The number of phenols is 1. The zero-order chi connectivity index (χ0) is 21.0. The van der Waals surface area contributed by atoms with Crippen LogP contribution in [0.15, 0.2) is 60.7 Å². The van der Waals surface area contributed by atoms with Gasteiger partial charge in [-0.2, -0.15) is 0 Å². The molecule has 0 aromatic heterocycles. The highest BCUT2D eigenvalue weighted by atomic mass is 32.1. The lowest BCUT2D eigenvalue weighted by atomic mass is 10.0.